The minimum absolute atomic E-state index is 0.0412. The third kappa shape index (κ3) is 3.20. The number of rotatable bonds is 4. The van der Waals surface area contributed by atoms with E-state index in [-0.39, 0.29) is 29.9 Å². The first-order chi connectivity index (χ1) is 11.3. The summed E-state index contributed by atoms with van der Waals surface area (Å²) >= 11 is 0. The quantitative estimate of drug-likeness (QED) is 0.851. The minimum atomic E-state index is -3.00. The van der Waals surface area contributed by atoms with Gasteiger partial charge in [0.15, 0.2) is 9.84 Å². The van der Waals surface area contributed by atoms with Gasteiger partial charge in [-0.1, -0.05) is 0 Å². The van der Waals surface area contributed by atoms with E-state index in [1.807, 2.05) is 32.9 Å². The van der Waals surface area contributed by atoms with E-state index in [9.17, 15) is 13.2 Å². The average molecular weight is 349 g/mol. The van der Waals surface area contributed by atoms with E-state index in [2.05, 4.69) is 0 Å². The number of aryl methyl sites for hydroxylation is 2. The number of likely N-dealkylation sites (N-methyl/N-ethyl adjacent to an activating group) is 1. The fourth-order valence-electron chi connectivity index (χ4n) is 3.40. The first-order valence-electron chi connectivity index (χ1n) is 8.28. The number of hydrogen-bond acceptors (Lipinski definition) is 4. The SMILES string of the molecule is CCN(C(=O)Cc1coc2cc(C)c(C)cc12)C1CCS(=O)(=O)C1. The van der Waals surface area contributed by atoms with Crippen LogP contribution in [-0.4, -0.2) is 43.3 Å². The van der Waals surface area contributed by atoms with E-state index >= 15 is 0 Å². The minimum Gasteiger partial charge on any atom is -0.464 e. The molecule has 0 aliphatic carbocycles. The Morgan fingerprint density at radius 3 is 2.62 bits per heavy atom. The van der Waals surface area contributed by atoms with E-state index < -0.39 is 9.84 Å². The number of fused-ring (bicyclic) bond motifs is 1. The molecule has 1 fully saturated rings. The summed E-state index contributed by atoms with van der Waals surface area (Å²) in [6.07, 6.45) is 2.41. The van der Waals surface area contributed by atoms with Gasteiger partial charge in [-0.25, -0.2) is 8.42 Å². The summed E-state index contributed by atoms with van der Waals surface area (Å²) in [6, 6.07) is 3.84. The molecule has 0 N–H and O–H groups in total. The van der Waals surface area contributed by atoms with E-state index in [4.69, 9.17) is 4.42 Å². The van der Waals surface area contributed by atoms with Crippen LogP contribution in [0.3, 0.4) is 0 Å². The van der Waals surface area contributed by atoms with E-state index in [0.29, 0.717) is 13.0 Å². The van der Waals surface area contributed by atoms with E-state index in [1.54, 1.807) is 11.2 Å². The molecule has 2 aromatic rings. The molecule has 1 amide bonds. The van der Waals surface area contributed by atoms with Crippen LogP contribution >= 0.6 is 0 Å². The molecule has 3 rings (SSSR count). The maximum absolute atomic E-state index is 12.7. The Bertz CT molecular complexity index is 882. The van der Waals surface area contributed by atoms with Crippen LogP contribution in [0.25, 0.3) is 11.0 Å². The normalized spacial score (nSPS) is 19.7. The van der Waals surface area contributed by atoms with Crippen molar-refractivity contribution in [3.63, 3.8) is 0 Å². The van der Waals surface area contributed by atoms with Gasteiger partial charge in [0.2, 0.25) is 5.91 Å². The van der Waals surface area contributed by atoms with Gasteiger partial charge < -0.3 is 9.32 Å². The van der Waals surface area contributed by atoms with Crippen LogP contribution in [0.1, 0.15) is 30.0 Å². The Morgan fingerprint density at radius 2 is 2.00 bits per heavy atom. The summed E-state index contributed by atoms with van der Waals surface area (Å²) in [5.74, 6) is 0.214. The fraction of sp³-hybridized carbons (Fsp3) is 0.500. The fourth-order valence-corrected chi connectivity index (χ4v) is 5.13. The molecule has 0 radical (unpaired) electrons. The lowest BCUT2D eigenvalue weighted by Crippen LogP contribution is -2.41. The summed E-state index contributed by atoms with van der Waals surface area (Å²) in [4.78, 5) is 14.4. The highest BCUT2D eigenvalue weighted by Gasteiger charge is 2.34. The molecule has 5 nitrogen and oxygen atoms in total. The standard InChI is InChI=1S/C18H23NO4S/c1-4-19(15-5-6-24(21,22)11-15)18(20)9-14-10-23-17-8-13(3)12(2)7-16(14)17/h7-8,10,15H,4-6,9,11H2,1-3H3. The Balaban J connectivity index is 1.82. The van der Waals surface area contributed by atoms with Gasteiger partial charge in [-0.05, 0) is 50.5 Å². The molecule has 130 valence electrons. The van der Waals surface area contributed by atoms with Crippen molar-refractivity contribution in [2.75, 3.05) is 18.1 Å². The Morgan fingerprint density at radius 1 is 1.29 bits per heavy atom. The molecule has 1 aliphatic rings. The molecule has 24 heavy (non-hydrogen) atoms. The van der Waals surface area contributed by atoms with Crippen molar-refractivity contribution in [2.45, 2.75) is 39.7 Å². The van der Waals surface area contributed by atoms with Gasteiger partial charge in [0.1, 0.15) is 5.58 Å². The molecular weight excluding hydrogens is 326 g/mol. The lowest BCUT2D eigenvalue weighted by molar-refractivity contribution is -0.132. The first-order valence-corrected chi connectivity index (χ1v) is 10.1. The van der Waals surface area contributed by atoms with Gasteiger partial charge in [0, 0.05) is 23.5 Å². The van der Waals surface area contributed by atoms with Crippen molar-refractivity contribution in [1.29, 1.82) is 0 Å². The summed E-state index contributed by atoms with van der Waals surface area (Å²) in [5.41, 5.74) is 3.96. The molecule has 0 saturated carbocycles. The predicted octanol–water partition coefficient (Wildman–Crippen LogP) is 2.63. The van der Waals surface area contributed by atoms with Crippen molar-refractivity contribution in [3.8, 4) is 0 Å². The summed E-state index contributed by atoms with van der Waals surface area (Å²) in [5, 5.41) is 0.960. The number of nitrogens with zero attached hydrogens (tertiary/aromatic N) is 1. The lowest BCUT2D eigenvalue weighted by Gasteiger charge is -2.26. The highest BCUT2D eigenvalue weighted by Crippen LogP contribution is 2.26. The van der Waals surface area contributed by atoms with E-state index in [0.717, 1.165) is 27.7 Å². The zero-order valence-corrected chi connectivity index (χ0v) is 15.1. The lowest BCUT2D eigenvalue weighted by atomic mass is 10.0. The van der Waals surface area contributed by atoms with Gasteiger partial charge in [-0.15, -0.1) is 0 Å². The third-order valence-corrected chi connectivity index (χ3v) is 6.67. The Kier molecular flexibility index (Phi) is 4.42. The second-order valence-corrected chi connectivity index (χ2v) is 8.84. The zero-order valence-electron chi connectivity index (χ0n) is 14.3. The molecule has 0 spiro atoms. The number of benzene rings is 1. The molecular formula is C18H23NO4S. The van der Waals surface area contributed by atoms with Crippen LogP contribution < -0.4 is 0 Å². The van der Waals surface area contributed by atoms with Crippen molar-refractivity contribution in [1.82, 2.24) is 4.90 Å². The second-order valence-electron chi connectivity index (χ2n) is 6.61. The zero-order chi connectivity index (χ0) is 17.5. The topological polar surface area (TPSA) is 67.6 Å². The Labute approximate surface area is 142 Å². The molecule has 6 heteroatoms. The average Bonchev–Trinajstić information content (AvgIpc) is 3.05. The number of sulfone groups is 1. The predicted molar refractivity (Wildman–Crippen MR) is 93.8 cm³/mol. The van der Waals surface area contributed by atoms with Crippen LogP contribution in [0.4, 0.5) is 0 Å². The smallest absolute Gasteiger partial charge is 0.227 e. The van der Waals surface area contributed by atoms with Gasteiger partial charge in [0.05, 0.1) is 24.2 Å². The molecule has 1 unspecified atom stereocenters. The van der Waals surface area contributed by atoms with Crippen LogP contribution in [0.15, 0.2) is 22.8 Å². The van der Waals surface area contributed by atoms with Crippen LogP contribution in [0.2, 0.25) is 0 Å². The maximum atomic E-state index is 12.7. The maximum Gasteiger partial charge on any atom is 0.227 e. The number of amides is 1. The monoisotopic (exact) mass is 349 g/mol. The van der Waals surface area contributed by atoms with Gasteiger partial charge >= 0.3 is 0 Å². The van der Waals surface area contributed by atoms with Crippen molar-refractivity contribution < 1.29 is 17.6 Å². The van der Waals surface area contributed by atoms with Crippen LogP contribution in [-0.2, 0) is 21.1 Å². The molecule has 1 saturated heterocycles. The number of carbonyl (C=O) groups is 1. The van der Waals surface area contributed by atoms with Crippen molar-refractivity contribution in [2.24, 2.45) is 0 Å². The van der Waals surface area contributed by atoms with Crippen LogP contribution in [0, 0.1) is 13.8 Å². The molecule has 1 aromatic heterocycles. The van der Waals surface area contributed by atoms with Crippen molar-refractivity contribution >= 4 is 26.7 Å². The largest absolute Gasteiger partial charge is 0.464 e. The number of furan rings is 1. The highest BCUT2D eigenvalue weighted by molar-refractivity contribution is 7.91. The summed E-state index contributed by atoms with van der Waals surface area (Å²) in [6.45, 7) is 6.48. The number of hydrogen-bond donors (Lipinski definition) is 0. The van der Waals surface area contributed by atoms with E-state index in [1.165, 1.54) is 0 Å². The second kappa shape index (κ2) is 6.24. The third-order valence-electron chi connectivity index (χ3n) is 4.92. The molecule has 1 aliphatic heterocycles. The first kappa shape index (κ1) is 17.0. The summed E-state index contributed by atoms with van der Waals surface area (Å²) < 4.78 is 29.0. The Hall–Kier alpha value is -1.82. The van der Waals surface area contributed by atoms with Gasteiger partial charge in [0.25, 0.3) is 0 Å². The number of carbonyl (C=O) groups excluding carboxylic acids is 1. The molecule has 1 atom stereocenters. The molecule has 1 aromatic carbocycles. The highest BCUT2D eigenvalue weighted by atomic mass is 32.2. The van der Waals surface area contributed by atoms with Gasteiger partial charge in [-0.2, -0.15) is 0 Å². The van der Waals surface area contributed by atoms with Gasteiger partial charge in [-0.3, -0.25) is 4.79 Å². The molecule has 2 heterocycles. The molecule has 0 bridgehead atoms. The summed E-state index contributed by atoms with van der Waals surface area (Å²) in [7, 11) is -3.00. The van der Waals surface area contributed by atoms with Crippen LogP contribution in [0.5, 0.6) is 0 Å². The van der Waals surface area contributed by atoms with Crippen molar-refractivity contribution in [3.05, 3.63) is 35.1 Å².